The largest absolute Gasteiger partial charge is 0.390 e. The predicted octanol–water partition coefficient (Wildman–Crippen LogP) is 2.65. The molecule has 1 aromatic rings. The third-order valence-corrected chi connectivity index (χ3v) is 3.24. The molecule has 78 valence electrons. The Labute approximate surface area is 86.0 Å². The van der Waals surface area contributed by atoms with Crippen molar-refractivity contribution in [3.63, 3.8) is 0 Å². The van der Waals surface area contributed by atoms with Crippen molar-refractivity contribution < 1.29 is 5.11 Å². The van der Waals surface area contributed by atoms with Crippen molar-refractivity contribution in [2.45, 2.75) is 45.6 Å². The molecule has 0 aliphatic heterocycles. The number of aromatic nitrogens is 1. The first-order valence-electron chi connectivity index (χ1n) is 5.22. The SMILES string of the molecule is CCC(C)(CC)c1ccc(CO)nc1. The Hall–Kier alpha value is -0.890. The van der Waals surface area contributed by atoms with Crippen LogP contribution in [0, 0.1) is 0 Å². The average molecular weight is 193 g/mol. The molecule has 0 saturated heterocycles. The first-order valence-corrected chi connectivity index (χ1v) is 5.22. The zero-order valence-corrected chi connectivity index (χ0v) is 9.25. The highest BCUT2D eigenvalue weighted by atomic mass is 16.3. The van der Waals surface area contributed by atoms with Gasteiger partial charge in [-0.2, -0.15) is 0 Å². The van der Waals surface area contributed by atoms with Gasteiger partial charge in [-0.15, -0.1) is 0 Å². The molecule has 0 bridgehead atoms. The maximum atomic E-state index is 8.88. The van der Waals surface area contributed by atoms with Gasteiger partial charge in [0.1, 0.15) is 0 Å². The lowest BCUT2D eigenvalue weighted by Gasteiger charge is -2.26. The molecule has 0 radical (unpaired) electrons. The molecule has 1 aromatic heterocycles. The van der Waals surface area contributed by atoms with Crippen molar-refractivity contribution in [3.8, 4) is 0 Å². The number of aliphatic hydroxyl groups excluding tert-OH is 1. The van der Waals surface area contributed by atoms with Gasteiger partial charge in [-0.05, 0) is 29.9 Å². The van der Waals surface area contributed by atoms with Gasteiger partial charge in [-0.25, -0.2) is 0 Å². The van der Waals surface area contributed by atoms with E-state index in [9.17, 15) is 0 Å². The van der Waals surface area contributed by atoms with E-state index in [-0.39, 0.29) is 12.0 Å². The van der Waals surface area contributed by atoms with Crippen molar-refractivity contribution in [1.82, 2.24) is 4.98 Å². The van der Waals surface area contributed by atoms with Gasteiger partial charge in [0.15, 0.2) is 0 Å². The molecule has 0 amide bonds. The summed E-state index contributed by atoms with van der Waals surface area (Å²) in [5.41, 5.74) is 2.23. The van der Waals surface area contributed by atoms with Gasteiger partial charge < -0.3 is 5.11 Å². The molecule has 1 N–H and O–H groups in total. The van der Waals surface area contributed by atoms with E-state index in [1.54, 1.807) is 0 Å². The van der Waals surface area contributed by atoms with Crippen LogP contribution in [-0.2, 0) is 12.0 Å². The standard InChI is InChI=1S/C12H19NO/c1-4-12(3,5-2)10-6-7-11(9-14)13-8-10/h6-8,14H,4-5,9H2,1-3H3. The second kappa shape index (κ2) is 4.56. The molecule has 0 aliphatic rings. The molecule has 0 saturated carbocycles. The molecule has 0 fully saturated rings. The maximum Gasteiger partial charge on any atom is 0.0852 e. The van der Waals surface area contributed by atoms with E-state index in [1.165, 1.54) is 5.56 Å². The highest BCUT2D eigenvalue weighted by Gasteiger charge is 2.22. The van der Waals surface area contributed by atoms with E-state index >= 15 is 0 Å². The van der Waals surface area contributed by atoms with Crippen LogP contribution in [0.15, 0.2) is 18.3 Å². The van der Waals surface area contributed by atoms with Crippen LogP contribution in [0.5, 0.6) is 0 Å². The zero-order valence-electron chi connectivity index (χ0n) is 9.25. The summed E-state index contributed by atoms with van der Waals surface area (Å²) in [6.07, 6.45) is 4.12. The molecule has 0 aliphatic carbocycles. The number of pyridine rings is 1. The highest BCUT2D eigenvalue weighted by Crippen LogP contribution is 2.30. The van der Waals surface area contributed by atoms with Crippen LogP contribution < -0.4 is 0 Å². The van der Waals surface area contributed by atoms with E-state index in [1.807, 2.05) is 12.3 Å². The molecule has 1 rings (SSSR count). The number of aliphatic hydroxyl groups is 1. The van der Waals surface area contributed by atoms with Gasteiger partial charge in [0.2, 0.25) is 0 Å². The Kier molecular flexibility index (Phi) is 3.64. The Balaban J connectivity index is 2.95. The molecule has 14 heavy (non-hydrogen) atoms. The Bertz CT molecular complexity index is 275. The van der Waals surface area contributed by atoms with Crippen LogP contribution in [-0.4, -0.2) is 10.1 Å². The Morgan fingerprint density at radius 1 is 1.29 bits per heavy atom. The Morgan fingerprint density at radius 3 is 2.29 bits per heavy atom. The topological polar surface area (TPSA) is 33.1 Å². The maximum absolute atomic E-state index is 8.88. The van der Waals surface area contributed by atoms with Gasteiger partial charge in [-0.3, -0.25) is 4.98 Å². The molecule has 0 spiro atoms. The molecule has 2 nitrogen and oxygen atoms in total. The monoisotopic (exact) mass is 193 g/mol. The fourth-order valence-corrected chi connectivity index (χ4v) is 1.53. The van der Waals surface area contributed by atoms with Crippen molar-refractivity contribution in [2.24, 2.45) is 0 Å². The van der Waals surface area contributed by atoms with Gasteiger partial charge in [0.25, 0.3) is 0 Å². The van der Waals surface area contributed by atoms with E-state index in [2.05, 4.69) is 31.8 Å². The van der Waals surface area contributed by atoms with Crippen LogP contribution in [0.25, 0.3) is 0 Å². The smallest absolute Gasteiger partial charge is 0.0852 e. The van der Waals surface area contributed by atoms with E-state index in [4.69, 9.17) is 5.11 Å². The van der Waals surface area contributed by atoms with Gasteiger partial charge in [-0.1, -0.05) is 26.8 Å². The summed E-state index contributed by atoms with van der Waals surface area (Å²) in [6.45, 7) is 6.67. The minimum atomic E-state index is 0.0231. The number of hydrogen-bond acceptors (Lipinski definition) is 2. The minimum Gasteiger partial charge on any atom is -0.390 e. The molecule has 0 atom stereocenters. The summed E-state index contributed by atoms with van der Waals surface area (Å²) < 4.78 is 0. The average Bonchev–Trinajstić information content (AvgIpc) is 2.28. The molecule has 0 aromatic carbocycles. The summed E-state index contributed by atoms with van der Waals surface area (Å²) in [5.74, 6) is 0. The number of hydrogen-bond donors (Lipinski definition) is 1. The lowest BCUT2D eigenvalue weighted by Crippen LogP contribution is -2.19. The number of rotatable bonds is 4. The van der Waals surface area contributed by atoms with Crippen LogP contribution in [0.4, 0.5) is 0 Å². The quantitative estimate of drug-likeness (QED) is 0.797. The first kappa shape index (κ1) is 11.2. The molecular formula is C12H19NO. The normalized spacial score (nSPS) is 11.7. The summed E-state index contributed by atoms with van der Waals surface area (Å²) in [6, 6.07) is 3.98. The highest BCUT2D eigenvalue weighted by molar-refractivity contribution is 5.22. The van der Waals surface area contributed by atoms with E-state index in [0.29, 0.717) is 0 Å². The van der Waals surface area contributed by atoms with E-state index in [0.717, 1.165) is 18.5 Å². The Morgan fingerprint density at radius 2 is 1.93 bits per heavy atom. The number of nitrogens with zero attached hydrogens (tertiary/aromatic N) is 1. The van der Waals surface area contributed by atoms with Crippen LogP contribution in [0.3, 0.4) is 0 Å². The molecular weight excluding hydrogens is 174 g/mol. The van der Waals surface area contributed by atoms with Gasteiger partial charge >= 0.3 is 0 Å². The summed E-state index contributed by atoms with van der Waals surface area (Å²) in [5, 5.41) is 8.88. The first-order chi connectivity index (χ1) is 6.66. The zero-order chi connectivity index (χ0) is 10.6. The van der Waals surface area contributed by atoms with E-state index < -0.39 is 0 Å². The lowest BCUT2D eigenvalue weighted by atomic mass is 9.79. The fraction of sp³-hybridized carbons (Fsp3) is 0.583. The second-order valence-electron chi connectivity index (χ2n) is 3.96. The summed E-state index contributed by atoms with van der Waals surface area (Å²) in [7, 11) is 0. The summed E-state index contributed by atoms with van der Waals surface area (Å²) >= 11 is 0. The van der Waals surface area contributed by atoms with Crippen molar-refractivity contribution in [3.05, 3.63) is 29.6 Å². The third kappa shape index (κ3) is 2.13. The minimum absolute atomic E-state index is 0.0231. The third-order valence-electron chi connectivity index (χ3n) is 3.24. The van der Waals surface area contributed by atoms with Crippen molar-refractivity contribution in [1.29, 1.82) is 0 Å². The molecule has 0 unspecified atom stereocenters. The predicted molar refractivity (Wildman–Crippen MR) is 58.1 cm³/mol. The van der Waals surface area contributed by atoms with Gasteiger partial charge in [0, 0.05) is 6.20 Å². The summed E-state index contributed by atoms with van der Waals surface area (Å²) in [4.78, 5) is 4.21. The van der Waals surface area contributed by atoms with Crippen LogP contribution in [0.2, 0.25) is 0 Å². The van der Waals surface area contributed by atoms with Crippen molar-refractivity contribution in [2.75, 3.05) is 0 Å². The fourth-order valence-electron chi connectivity index (χ4n) is 1.53. The molecule has 1 heterocycles. The van der Waals surface area contributed by atoms with Crippen LogP contribution in [0.1, 0.15) is 44.9 Å². The second-order valence-corrected chi connectivity index (χ2v) is 3.96. The molecule has 2 heteroatoms. The van der Waals surface area contributed by atoms with Crippen molar-refractivity contribution >= 4 is 0 Å². The van der Waals surface area contributed by atoms with Gasteiger partial charge in [0.05, 0.1) is 12.3 Å². The van der Waals surface area contributed by atoms with Crippen LogP contribution >= 0.6 is 0 Å². The lowest BCUT2D eigenvalue weighted by molar-refractivity contribution is 0.276.